The van der Waals surface area contributed by atoms with Gasteiger partial charge in [0.1, 0.15) is 0 Å². The van der Waals surface area contributed by atoms with Crippen molar-refractivity contribution < 1.29 is 26.4 Å². The first-order valence-electron chi connectivity index (χ1n) is 16.7. The zero-order valence-electron chi connectivity index (χ0n) is 28.7. The summed E-state index contributed by atoms with van der Waals surface area (Å²) in [4.78, 5) is 30.2. The second kappa shape index (κ2) is 16.5. The number of nitrogens with one attached hydrogen (secondary N) is 2. The molecule has 0 saturated carbocycles. The van der Waals surface area contributed by atoms with Gasteiger partial charge in [-0.25, -0.2) is 36.3 Å². The van der Waals surface area contributed by atoms with Crippen LogP contribution in [0.25, 0.3) is 0 Å². The van der Waals surface area contributed by atoms with Crippen molar-refractivity contribution in [3.63, 3.8) is 0 Å². The van der Waals surface area contributed by atoms with Crippen molar-refractivity contribution in [1.29, 1.82) is 0 Å². The number of sulfonamides is 2. The van der Waals surface area contributed by atoms with Gasteiger partial charge in [-0.2, -0.15) is 4.99 Å². The molecule has 0 saturated heterocycles. The van der Waals surface area contributed by atoms with Crippen LogP contribution in [0.1, 0.15) is 70.2 Å². The van der Waals surface area contributed by atoms with E-state index in [-0.39, 0.29) is 11.5 Å². The molecule has 6 rings (SSSR count). The third-order valence-corrected chi connectivity index (χ3v) is 11.2. The van der Waals surface area contributed by atoms with E-state index in [0.29, 0.717) is 13.1 Å². The molecule has 14 heteroatoms. The molecule has 0 aromatic heterocycles. The minimum absolute atomic E-state index is 0.0278. The van der Waals surface area contributed by atoms with E-state index in [1.54, 1.807) is 44.1 Å². The predicted octanol–water partition coefficient (Wildman–Crippen LogP) is 3.14. The number of anilines is 1. The van der Waals surface area contributed by atoms with Gasteiger partial charge >= 0.3 is 6.03 Å². The van der Waals surface area contributed by atoms with Gasteiger partial charge in [0.2, 0.25) is 26.1 Å². The van der Waals surface area contributed by atoms with Gasteiger partial charge in [0.15, 0.2) is 0 Å². The molecule has 0 aliphatic heterocycles. The monoisotopic (exact) mass is 702 g/mol. The Labute approximate surface area is 285 Å². The number of hydrogen-bond acceptors (Lipinski definition) is 9. The minimum Gasteiger partial charge on any atom is -0.308 e. The number of isocyanates is 1. The lowest BCUT2D eigenvalue weighted by Crippen LogP contribution is -2.38. The normalized spacial score (nSPS) is 15.7. The molecule has 0 bridgehead atoms. The fraction of sp³-hybridized carbons (Fsp3) is 0.588. The molecule has 12 nitrogen and oxygen atoms in total. The van der Waals surface area contributed by atoms with Crippen molar-refractivity contribution in [1.82, 2.24) is 14.5 Å². The molecule has 0 atom stereocenters. The van der Waals surface area contributed by atoms with Crippen LogP contribution in [0.5, 0.6) is 0 Å². The molecule has 4 N–H and O–H groups in total. The molecule has 48 heavy (non-hydrogen) atoms. The van der Waals surface area contributed by atoms with E-state index < -0.39 is 26.1 Å². The molecular weight excluding hydrogens is 653 g/mol. The Balaban J connectivity index is 0.000000184. The molecule has 0 spiro atoms. The van der Waals surface area contributed by atoms with Crippen molar-refractivity contribution in [3.05, 3.63) is 56.6 Å². The lowest BCUT2D eigenvalue weighted by molar-refractivity contribution is 0.256. The van der Waals surface area contributed by atoms with Crippen LogP contribution in [0, 0.1) is 0 Å². The Morgan fingerprint density at radius 1 is 0.729 bits per heavy atom. The maximum absolute atomic E-state index is 12.3. The Morgan fingerprint density at radius 3 is 1.54 bits per heavy atom. The first-order chi connectivity index (χ1) is 22.7. The molecule has 264 valence electrons. The number of primary sulfonamides is 1. The number of rotatable bonds is 9. The summed E-state index contributed by atoms with van der Waals surface area (Å²) in [6.45, 7) is 0.859. The lowest BCUT2D eigenvalue weighted by Gasteiger charge is -2.17. The summed E-state index contributed by atoms with van der Waals surface area (Å²) in [5.41, 5.74) is 12.3. The Hall–Kier alpha value is -3.13. The number of carbonyl (C=O) groups excluding carboxylic acids is 2. The molecule has 2 aromatic rings. The van der Waals surface area contributed by atoms with Gasteiger partial charge in [-0.1, -0.05) is 12.1 Å². The van der Waals surface area contributed by atoms with E-state index in [9.17, 15) is 26.4 Å². The molecule has 4 aliphatic carbocycles. The van der Waals surface area contributed by atoms with Crippen molar-refractivity contribution in [2.24, 2.45) is 10.1 Å². The van der Waals surface area contributed by atoms with Crippen molar-refractivity contribution in [3.8, 4) is 0 Å². The standard InChI is InChI=1S/C17H25N3O3S.C13H13NO.C4H12N2O2S/c1-20(2)9-10-24(22,23)19-17(21)18-16-14-7-3-5-12(14)11-13-6-4-8-15(13)16;15-8-14-13-11-5-1-3-9(11)7-10-4-2-6-12(10)13;1-6(2)3-4-9(5,7)8/h11H,3-10H2,1-2H3,(H2,18,19,21);7H,1-6H2;3-4H2,1-2H3,(H2,5,7,8). The first-order valence-corrected chi connectivity index (χ1v) is 20.1. The number of fused-ring (bicyclic) bond motifs is 4. The van der Waals surface area contributed by atoms with Gasteiger partial charge in [0.05, 0.1) is 17.2 Å². The highest BCUT2D eigenvalue weighted by molar-refractivity contribution is 7.90. The Morgan fingerprint density at radius 2 is 1.15 bits per heavy atom. The Kier molecular flexibility index (Phi) is 13.0. The smallest absolute Gasteiger partial charge is 0.308 e. The maximum Gasteiger partial charge on any atom is 0.332 e. The molecule has 0 fully saturated rings. The SMILES string of the molecule is CN(C)CCS(=O)(=O)NC(=O)Nc1c2c(cc3c1CCC3)CCC2.CN(C)CCS(N)(=O)=O.O=C=Nc1c2c(cc3c1CCC3)CCC2. The second-order valence-corrected chi connectivity index (χ2v) is 17.1. The number of carbonyl (C=O) groups is 1. The summed E-state index contributed by atoms with van der Waals surface area (Å²) in [7, 11) is 0.300. The van der Waals surface area contributed by atoms with Crippen molar-refractivity contribution >= 4 is 43.5 Å². The number of hydrogen-bond donors (Lipinski definition) is 3. The van der Waals surface area contributed by atoms with Crippen LogP contribution >= 0.6 is 0 Å². The third-order valence-electron chi connectivity index (χ3n) is 9.19. The van der Waals surface area contributed by atoms with Crippen molar-refractivity contribution in [2.45, 2.75) is 77.0 Å². The summed E-state index contributed by atoms with van der Waals surface area (Å²) in [5.74, 6) is -0.0710. The third kappa shape index (κ3) is 10.4. The molecule has 4 aliphatic rings. The number of aryl methyl sites for hydroxylation is 4. The van der Waals surface area contributed by atoms with E-state index in [4.69, 9.17) is 5.14 Å². The van der Waals surface area contributed by atoms with Crippen LogP contribution in [0.4, 0.5) is 16.2 Å². The van der Waals surface area contributed by atoms with Gasteiger partial charge in [-0.05, 0) is 150 Å². The van der Waals surface area contributed by atoms with E-state index >= 15 is 0 Å². The van der Waals surface area contributed by atoms with Crippen LogP contribution in [-0.4, -0.2) is 91.5 Å². The molecule has 0 heterocycles. The van der Waals surface area contributed by atoms with E-state index in [2.05, 4.69) is 27.2 Å². The van der Waals surface area contributed by atoms with Gasteiger partial charge < -0.3 is 15.1 Å². The number of aliphatic imine (C=N–C) groups is 1. The van der Waals surface area contributed by atoms with Gasteiger partial charge in [0.25, 0.3) is 0 Å². The van der Waals surface area contributed by atoms with E-state index in [0.717, 1.165) is 75.6 Å². The van der Waals surface area contributed by atoms with Gasteiger partial charge in [0, 0.05) is 18.8 Å². The minimum atomic E-state index is -3.63. The molecule has 0 unspecified atom stereocenters. The Bertz CT molecular complexity index is 1700. The quantitative estimate of drug-likeness (QED) is 0.264. The van der Waals surface area contributed by atoms with Crippen LogP contribution in [0.2, 0.25) is 0 Å². The van der Waals surface area contributed by atoms with Gasteiger partial charge in [-0.3, -0.25) is 0 Å². The lowest BCUT2D eigenvalue weighted by atomic mass is 9.99. The van der Waals surface area contributed by atoms with Crippen LogP contribution in [0.15, 0.2) is 17.1 Å². The summed E-state index contributed by atoms with van der Waals surface area (Å²) < 4.78 is 46.7. The van der Waals surface area contributed by atoms with Crippen LogP contribution < -0.4 is 15.2 Å². The maximum atomic E-state index is 12.3. The molecule has 2 amide bonds. The average molecular weight is 703 g/mol. The fourth-order valence-corrected chi connectivity index (χ4v) is 8.54. The highest BCUT2D eigenvalue weighted by atomic mass is 32.2. The van der Waals surface area contributed by atoms with Gasteiger partial charge in [-0.15, -0.1) is 0 Å². The number of urea groups is 1. The largest absolute Gasteiger partial charge is 0.332 e. The summed E-state index contributed by atoms with van der Waals surface area (Å²) >= 11 is 0. The highest BCUT2D eigenvalue weighted by Gasteiger charge is 2.26. The molecule has 2 aromatic carbocycles. The fourth-order valence-electron chi connectivity index (χ4n) is 6.88. The zero-order chi connectivity index (χ0) is 35.1. The summed E-state index contributed by atoms with van der Waals surface area (Å²) in [6.07, 6.45) is 14.8. The van der Waals surface area contributed by atoms with Crippen LogP contribution in [0.3, 0.4) is 0 Å². The molecule has 0 radical (unpaired) electrons. The second-order valence-electron chi connectivity index (χ2n) is 13.5. The number of nitrogens with two attached hydrogens (primary N) is 1. The molecular formula is C34H50N6O6S2. The average Bonchev–Trinajstić information content (AvgIpc) is 3.82. The summed E-state index contributed by atoms with van der Waals surface area (Å²) in [5, 5.41) is 7.57. The number of benzene rings is 2. The highest BCUT2D eigenvalue weighted by Crippen LogP contribution is 2.40. The van der Waals surface area contributed by atoms with Crippen LogP contribution in [-0.2, 0) is 76.2 Å². The van der Waals surface area contributed by atoms with E-state index in [1.165, 1.54) is 57.3 Å². The van der Waals surface area contributed by atoms with E-state index in [1.807, 2.05) is 0 Å². The zero-order valence-corrected chi connectivity index (χ0v) is 30.3. The predicted molar refractivity (Wildman–Crippen MR) is 190 cm³/mol. The first kappa shape index (κ1) is 37.7. The number of nitrogens with zero attached hydrogens (tertiary/aromatic N) is 3. The van der Waals surface area contributed by atoms with Crippen molar-refractivity contribution in [2.75, 3.05) is 58.1 Å². The summed E-state index contributed by atoms with van der Waals surface area (Å²) in [6, 6.07) is 3.97. The topological polar surface area (TPSA) is 171 Å². The number of amides is 2.